The van der Waals surface area contributed by atoms with Crippen LogP contribution in [0.1, 0.15) is 12.5 Å². The Morgan fingerprint density at radius 1 is 1.46 bits per heavy atom. The molecule has 0 spiro atoms. The summed E-state index contributed by atoms with van der Waals surface area (Å²) in [5.74, 6) is -0.0288. The van der Waals surface area contributed by atoms with E-state index in [1.54, 1.807) is 0 Å². The van der Waals surface area contributed by atoms with Crippen molar-refractivity contribution in [2.75, 3.05) is 0 Å². The standard InChI is InChI=1S/C10H11NOS/c1-9(12)11(8-13)7-10-5-3-2-4-6-10/h2-6,8H,7H2,1H3. The SMILES string of the molecule is CC(=O)N(C=S)Cc1ccccc1. The summed E-state index contributed by atoms with van der Waals surface area (Å²) in [7, 11) is 0. The number of thiocarbonyl (C=S) groups is 1. The maximum absolute atomic E-state index is 11.0. The largest absolute Gasteiger partial charge is 0.305 e. The first-order valence-corrected chi connectivity index (χ1v) is 4.47. The summed E-state index contributed by atoms with van der Waals surface area (Å²) in [5.41, 5.74) is 2.47. The third-order valence-electron chi connectivity index (χ3n) is 1.73. The van der Waals surface area contributed by atoms with E-state index in [1.165, 1.54) is 17.3 Å². The molecule has 2 nitrogen and oxygen atoms in total. The molecule has 3 heteroatoms. The Kier molecular flexibility index (Phi) is 3.58. The molecule has 0 saturated heterocycles. The van der Waals surface area contributed by atoms with Crippen LogP contribution in [-0.2, 0) is 11.3 Å². The third-order valence-corrected chi connectivity index (χ3v) is 1.98. The summed E-state index contributed by atoms with van der Waals surface area (Å²) in [6.45, 7) is 2.06. The van der Waals surface area contributed by atoms with E-state index in [0.717, 1.165) is 5.56 Å². The van der Waals surface area contributed by atoms with Gasteiger partial charge in [-0.3, -0.25) is 4.79 Å². The van der Waals surface area contributed by atoms with Crippen molar-refractivity contribution in [3.05, 3.63) is 35.9 Å². The molecule has 0 unspecified atom stereocenters. The van der Waals surface area contributed by atoms with Crippen LogP contribution in [0.15, 0.2) is 30.3 Å². The average Bonchev–Trinajstić information content (AvgIpc) is 2.15. The highest BCUT2D eigenvalue weighted by atomic mass is 32.1. The molecule has 0 aliphatic rings. The average molecular weight is 193 g/mol. The Balaban J connectivity index is 2.67. The van der Waals surface area contributed by atoms with Crippen molar-refractivity contribution in [1.82, 2.24) is 4.90 Å². The number of rotatable bonds is 3. The molecule has 0 aliphatic heterocycles. The lowest BCUT2D eigenvalue weighted by Gasteiger charge is -2.14. The van der Waals surface area contributed by atoms with E-state index in [0.29, 0.717) is 6.54 Å². The Labute approximate surface area is 83.2 Å². The molecule has 0 N–H and O–H groups in total. The van der Waals surface area contributed by atoms with Gasteiger partial charge in [-0.05, 0) is 5.56 Å². The smallest absolute Gasteiger partial charge is 0.224 e. The Morgan fingerprint density at radius 2 is 2.08 bits per heavy atom. The van der Waals surface area contributed by atoms with Crippen LogP contribution in [0.2, 0.25) is 0 Å². The molecule has 0 aromatic heterocycles. The van der Waals surface area contributed by atoms with Crippen molar-refractivity contribution >= 4 is 23.6 Å². The molecule has 0 saturated carbocycles. The molecular formula is C10H11NOS. The Hall–Kier alpha value is -1.22. The molecule has 0 bridgehead atoms. The van der Waals surface area contributed by atoms with Gasteiger partial charge < -0.3 is 4.90 Å². The molecule has 0 aliphatic carbocycles. The highest BCUT2D eigenvalue weighted by Gasteiger charge is 2.04. The second-order valence-electron chi connectivity index (χ2n) is 2.74. The van der Waals surface area contributed by atoms with Crippen molar-refractivity contribution in [2.45, 2.75) is 13.5 Å². The third kappa shape index (κ3) is 2.95. The fraction of sp³-hybridized carbons (Fsp3) is 0.200. The number of nitrogens with zero attached hydrogens (tertiary/aromatic N) is 1. The van der Waals surface area contributed by atoms with Crippen LogP contribution < -0.4 is 0 Å². The predicted octanol–water partition coefficient (Wildman–Crippen LogP) is 1.99. The van der Waals surface area contributed by atoms with E-state index >= 15 is 0 Å². The van der Waals surface area contributed by atoms with Gasteiger partial charge in [0.15, 0.2) is 0 Å². The van der Waals surface area contributed by atoms with E-state index in [4.69, 9.17) is 12.2 Å². The molecule has 1 aromatic rings. The van der Waals surface area contributed by atoms with Gasteiger partial charge in [0.2, 0.25) is 5.91 Å². The molecule has 0 radical (unpaired) electrons. The highest BCUT2D eigenvalue weighted by molar-refractivity contribution is 7.78. The van der Waals surface area contributed by atoms with E-state index in [-0.39, 0.29) is 5.91 Å². The maximum Gasteiger partial charge on any atom is 0.224 e. The number of carbonyl (C=O) groups is 1. The Morgan fingerprint density at radius 3 is 2.54 bits per heavy atom. The molecule has 0 atom stereocenters. The van der Waals surface area contributed by atoms with Gasteiger partial charge in [-0.15, -0.1) is 0 Å². The van der Waals surface area contributed by atoms with Crippen molar-refractivity contribution in [1.29, 1.82) is 0 Å². The fourth-order valence-electron chi connectivity index (χ4n) is 1.00. The normalized spacial score (nSPS) is 9.31. The van der Waals surface area contributed by atoms with Gasteiger partial charge in [0.05, 0.1) is 12.0 Å². The first-order valence-electron chi connectivity index (χ1n) is 4.00. The molecule has 0 fully saturated rings. The van der Waals surface area contributed by atoms with Crippen molar-refractivity contribution in [3.8, 4) is 0 Å². The minimum atomic E-state index is -0.0288. The van der Waals surface area contributed by atoms with E-state index < -0.39 is 0 Å². The molecule has 1 aromatic carbocycles. The lowest BCUT2D eigenvalue weighted by Crippen LogP contribution is -2.25. The number of amides is 1. The van der Waals surface area contributed by atoms with Gasteiger partial charge in [0.25, 0.3) is 0 Å². The minimum Gasteiger partial charge on any atom is -0.305 e. The molecular weight excluding hydrogens is 182 g/mol. The van der Waals surface area contributed by atoms with E-state index in [9.17, 15) is 4.79 Å². The van der Waals surface area contributed by atoms with E-state index in [1.807, 2.05) is 30.3 Å². The van der Waals surface area contributed by atoms with Gasteiger partial charge in [0, 0.05) is 6.92 Å². The lowest BCUT2D eigenvalue weighted by atomic mass is 10.2. The van der Waals surface area contributed by atoms with Crippen LogP contribution in [0.4, 0.5) is 0 Å². The van der Waals surface area contributed by atoms with Gasteiger partial charge >= 0.3 is 0 Å². The van der Waals surface area contributed by atoms with Gasteiger partial charge in [0.1, 0.15) is 0 Å². The molecule has 1 rings (SSSR count). The zero-order chi connectivity index (χ0) is 9.68. The molecule has 0 heterocycles. The van der Waals surface area contributed by atoms with Crippen LogP contribution >= 0.6 is 12.2 Å². The summed E-state index contributed by atoms with van der Waals surface area (Å²) >= 11 is 4.73. The molecule has 1 amide bonds. The lowest BCUT2D eigenvalue weighted by molar-refractivity contribution is -0.125. The summed E-state index contributed by atoms with van der Waals surface area (Å²) < 4.78 is 0. The second-order valence-corrected chi connectivity index (χ2v) is 2.95. The van der Waals surface area contributed by atoms with E-state index in [2.05, 4.69) is 0 Å². The van der Waals surface area contributed by atoms with Gasteiger partial charge in [-0.2, -0.15) is 0 Å². The first-order chi connectivity index (χ1) is 6.24. The first kappa shape index (κ1) is 9.86. The second kappa shape index (κ2) is 4.72. The summed E-state index contributed by atoms with van der Waals surface area (Å²) in [5, 5.41) is 0. The van der Waals surface area contributed by atoms with Crippen LogP contribution in [-0.4, -0.2) is 16.3 Å². The maximum atomic E-state index is 11.0. The van der Waals surface area contributed by atoms with Crippen LogP contribution in [0.5, 0.6) is 0 Å². The molecule has 13 heavy (non-hydrogen) atoms. The highest BCUT2D eigenvalue weighted by Crippen LogP contribution is 2.02. The quantitative estimate of drug-likeness (QED) is 0.684. The van der Waals surface area contributed by atoms with Crippen LogP contribution in [0.25, 0.3) is 0 Å². The van der Waals surface area contributed by atoms with Crippen molar-refractivity contribution in [2.24, 2.45) is 0 Å². The number of carbonyl (C=O) groups excluding carboxylic acids is 1. The number of benzene rings is 1. The number of hydrogen-bond acceptors (Lipinski definition) is 2. The van der Waals surface area contributed by atoms with Crippen molar-refractivity contribution in [3.63, 3.8) is 0 Å². The predicted molar refractivity (Wildman–Crippen MR) is 56.3 cm³/mol. The van der Waals surface area contributed by atoms with Crippen molar-refractivity contribution < 1.29 is 4.79 Å². The van der Waals surface area contributed by atoms with Crippen LogP contribution in [0.3, 0.4) is 0 Å². The summed E-state index contributed by atoms with van der Waals surface area (Å²) in [6.07, 6.45) is 0. The number of hydrogen-bond donors (Lipinski definition) is 0. The van der Waals surface area contributed by atoms with Gasteiger partial charge in [-0.1, -0.05) is 42.5 Å². The zero-order valence-corrected chi connectivity index (χ0v) is 8.25. The Bertz CT molecular complexity index is 297. The monoisotopic (exact) mass is 193 g/mol. The van der Waals surface area contributed by atoms with Gasteiger partial charge in [-0.25, -0.2) is 0 Å². The fourth-order valence-corrected chi connectivity index (χ4v) is 1.23. The van der Waals surface area contributed by atoms with Crippen LogP contribution in [0, 0.1) is 0 Å². The summed E-state index contributed by atoms with van der Waals surface area (Å²) in [6, 6.07) is 9.76. The summed E-state index contributed by atoms with van der Waals surface area (Å²) in [4.78, 5) is 12.5. The molecule has 68 valence electrons. The topological polar surface area (TPSA) is 20.3 Å². The minimum absolute atomic E-state index is 0.0288. The zero-order valence-electron chi connectivity index (χ0n) is 7.43.